The lowest BCUT2D eigenvalue weighted by Crippen LogP contribution is -2.28. The first kappa shape index (κ1) is 15.3. The molecular weight excluding hydrogens is 300 g/mol. The summed E-state index contributed by atoms with van der Waals surface area (Å²) < 4.78 is 31.9. The minimum atomic E-state index is -3.72. The zero-order valence-electron chi connectivity index (χ0n) is 10.8. The Balaban J connectivity index is 1.93. The summed E-state index contributed by atoms with van der Waals surface area (Å²) in [5, 5.41) is 8.89. The minimum Gasteiger partial charge on any atom is -0.380 e. The van der Waals surface area contributed by atoms with Crippen LogP contribution in [0.3, 0.4) is 0 Å². The Morgan fingerprint density at radius 3 is 2.85 bits per heavy atom. The molecule has 0 spiro atoms. The van der Waals surface area contributed by atoms with E-state index in [0.717, 1.165) is 0 Å². The van der Waals surface area contributed by atoms with Gasteiger partial charge in [-0.1, -0.05) is 11.6 Å². The summed E-state index contributed by atoms with van der Waals surface area (Å²) in [6.45, 7) is 1.19. The first-order valence-electron chi connectivity index (χ1n) is 6.30. The number of nitrogens with zero attached hydrogens (tertiary/aromatic N) is 1. The van der Waals surface area contributed by atoms with Crippen molar-refractivity contribution in [2.45, 2.75) is 17.7 Å². The van der Waals surface area contributed by atoms with Crippen LogP contribution in [0.4, 0.5) is 0 Å². The Bertz CT molecular complexity index is 621. The van der Waals surface area contributed by atoms with Gasteiger partial charge in [-0.3, -0.25) is 0 Å². The highest BCUT2D eigenvalue weighted by Crippen LogP contribution is 2.28. The van der Waals surface area contributed by atoms with Crippen molar-refractivity contribution in [1.29, 1.82) is 5.26 Å². The summed E-state index contributed by atoms with van der Waals surface area (Å²) in [6.07, 6.45) is 2.39. The molecule has 1 aromatic carbocycles. The van der Waals surface area contributed by atoms with E-state index in [0.29, 0.717) is 19.1 Å². The van der Waals surface area contributed by atoms with Crippen LogP contribution in [0.2, 0.25) is 5.02 Å². The molecule has 1 saturated carbocycles. The number of sulfonamides is 1. The number of rotatable bonds is 7. The Labute approximate surface area is 123 Å². The molecule has 0 radical (unpaired) electrons. The fourth-order valence-electron chi connectivity index (χ4n) is 1.64. The standard InChI is InChI=1S/C13H15ClN2O3S/c14-12-4-3-11(8-15)7-13(12)20(17,18)16-5-6-19-9-10-1-2-10/h3-4,7,10,16H,1-2,5-6,9H2. The molecule has 1 aliphatic rings. The van der Waals surface area contributed by atoms with E-state index < -0.39 is 10.0 Å². The van der Waals surface area contributed by atoms with Crippen molar-refractivity contribution in [3.05, 3.63) is 28.8 Å². The fourth-order valence-corrected chi connectivity index (χ4v) is 3.18. The van der Waals surface area contributed by atoms with E-state index in [-0.39, 0.29) is 22.0 Å². The summed E-state index contributed by atoms with van der Waals surface area (Å²) in [5.41, 5.74) is 0.250. The summed E-state index contributed by atoms with van der Waals surface area (Å²) in [6, 6.07) is 6.02. The van der Waals surface area contributed by atoms with E-state index in [1.54, 1.807) is 0 Å². The smallest absolute Gasteiger partial charge is 0.242 e. The average molecular weight is 315 g/mol. The first-order chi connectivity index (χ1) is 9.53. The van der Waals surface area contributed by atoms with Crippen LogP contribution in [0.15, 0.2) is 23.1 Å². The molecule has 7 heteroatoms. The van der Waals surface area contributed by atoms with Gasteiger partial charge in [0.15, 0.2) is 0 Å². The molecule has 0 heterocycles. The molecule has 1 aliphatic carbocycles. The molecule has 0 amide bonds. The molecular formula is C13H15ClN2O3S. The third kappa shape index (κ3) is 4.18. The van der Waals surface area contributed by atoms with Crippen LogP contribution < -0.4 is 4.72 Å². The normalized spacial score (nSPS) is 15.0. The Morgan fingerprint density at radius 2 is 2.20 bits per heavy atom. The molecule has 0 unspecified atom stereocenters. The maximum Gasteiger partial charge on any atom is 0.242 e. The predicted octanol–water partition coefficient (Wildman–Crippen LogP) is 1.92. The van der Waals surface area contributed by atoms with Crippen molar-refractivity contribution >= 4 is 21.6 Å². The van der Waals surface area contributed by atoms with Crippen LogP contribution in [0.25, 0.3) is 0 Å². The lowest BCUT2D eigenvalue weighted by molar-refractivity contribution is 0.129. The SMILES string of the molecule is N#Cc1ccc(Cl)c(S(=O)(=O)NCCOCC2CC2)c1. The van der Waals surface area contributed by atoms with Gasteiger partial charge in [0.25, 0.3) is 0 Å². The second-order valence-electron chi connectivity index (χ2n) is 4.67. The number of ether oxygens (including phenoxy) is 1. The van der Waals surface area contributed by atoms with E-state index in [9.17, 15) is 8.42 Å². The van der Waals surface area contributed by atoms with Crippen LogP contribution in [-0.2, 0) is 14.8 Å². The van der Waals surface area contributed by atoms with Gasteiger partial charge in [-0.05, 0) is 37.0 Å². The van der Waals surface area contributed by atoms with Gasteiger partial charge in [-0.25, -0.2) is 13.1 Å². The second kappa shape index (κ2) is 6.55. The van der Waals surface area contributed by atoms with Gasteiger partial charge in [0.05, 0.1) is 23.3 Å². The van der Waals surface area contributed by atoms with Crippen LogP contribution in [0.5, 0.6) is 0 Å². The van der Waals surface area contributed by atoms with E-state index in [1.165, 1.54) is 31.0 Å². The maximum absolute atomic E-state index is 12.1. The summed E-state index contributed by atoms with van der Waals surface area (Å²) in [5.74, 6) is 0.647. The van der Waals surface area contributed by atoms with Gasteiger partial charge < -0.3 is 4.74 Å². The molecule has 108 valence electrons. The zero-order valence-corrected chi connectivity index (χ0v) is 12.4. The van der Waals surface area contributed by atoms with Gasteiger partial charge >= 0.3 is 0 Å². The second-order valence-corrected chi connectivity index (χ2v) is 6.82. The van der Waals surface area contributed by atoms with Gasteiger partial charge in [-0.15, -0.1) is 0 Å². The number of hydrogen-bond acceptors (Lipinski definition) is 4. The van der Waals surface area contributed by atoms with Crippen molar-refractivity contribution in [2.24, 2.45) is 5.92 Å². The lowest BCUT2D eigenvalue weighted by Gasteiger charge is -2.09. The maximum atomic E-state index is 12.1. The van der Waals surface area contributed by atoms with E-state index in [2.05, 4.69) is 4.72 Å². The Morgan fingerprint density at radius 1 is 1.45 bits per heavy atom. The van der Waals surface area contributed by atoms with Gasteiger partial charge in [0.2, 0.25) is 10.0 Å². The van der Waals surface area contributed by atoms with E-state index in [4.69, 9.17) is 21.6 Å². The molecule has 0 saturated heterocycles. The molecule has 5 nitrogen and oxygen atoms in total. The highest BCUT2D eigenvalue weighted by atomic mass is 35.5. The van der Waals surface area contributed by atoms with Crippen molar-refractivity contribution < 1.29 is 13.2 Å². The molecule has 2 rings (SSSR count). The first-order valence-corrected chi connectivity index (χ1v) is 8.16. The third-order valence-corrected chi connectivity index (χ3v) is 4.88. The topological polar surface area (TPSA) is 79.2 Å². The van der Waals surface area contributed by atoms with Gasteiger partial charge in [0, 0.05) is 13.2 Å². The molecule has 1 fully saturated rings. The highest BCUT2D eigenvalue weighted by Gasteiger charge is 2.21. The lowest BCUT2D eigenvalue weighted by atomic mass is 10.2. The monoisotopic (exact) mass is 314 g/mol. The molecule has 1 N–H and O–H groups in total. The molecule has 1 aromatic rings. The van der Waals surface area contributed by atoms with Crippen LogP contribution in [0, 0.1) is 17.2 Å². The van der Waals surface area contributed by atoms with Gasteiger partial charge in [0.1, 0.15) is 4.90 Å². The van der Waals surface area contributed by atoms with Crippen molar-refractivity contribution in [3.63, 3.8) is 0 Å². The van der Waals surface area contributed by atoms with Crippen LogP contribution in [-0.4, -0.2) is 28.2 Å². The molecule has 0 aromatic heterocycles. The highest BCUT2D eigenvalue weighted by molar-refractivity contribution is 7.89. The van der Waals surface area contributed by atoms with E-state index in [1.807, 2.05) is 6.07 Å². The summed E-state index contributed by atoms with van der Waals surface area (Å²) >= 11 is 5.87. The largest absolute Gasteiger partial charge is 0.380 e. The minimum absolute atomic E-state index is 0.0830. The average Bonchev–Trinajstić information content (AvgIpc) is 3.23. The number of nitrogens with one attached hydrogen (secondary N) is 1. The predicted molar refractivity (Wildman–Crippen MR) is 74.9 cm³/mol. The van der Waals surface area contributed by atoms with Crippen LogP contribution >= 0.6 is 11.6 Å². The summed E-state index contributed by atoms with van der Waals surface area (Å²) in [4.78, 5) is -0.0830. The van der Waals surface area contributed by atoms with Crippen LogP contribution in [0.1, 0.15) is 18.4 Å². The molecule has 20 heavy (non-hydrogen) atoms. The number of hydrogen-bond donors (Lipinski definition) is 1. The zero-order chi connectivity index (χ0) is 14.6. The third-order valence-electron chi connectivity index (χ3n) is 2.94. The van der Waals surface area contributed by atoms with Crippen molar-refractivity contribution in [2.75, 3.05) is 19.8 Å². The molecule has 0 bridgehead atoms. The number of halogens is 1. The van der Waals surface area contributed by atoms with Crippen molar-refractivity contribution in [3.8, 4) is 6.07 Å². The molecule has 0 atom stereocenters. The van der Waals surface area contributed by atoms with Crippen molar-refractivity contribution in [1.82, 2.24) is 4.72 Å². The number of benzene rings is 1. The summed E-state index contributed by atoms with van der Waals surface area (Å²) in [7, 11) is -3.72. The quantitative estimate of drug-likeness (QED) is 0.780. The fraction of sp³-hybridized carbons (Fsp3) is 0.462. The number of nitriles is 1. The van der Waals surface area contributed by atoms with E-state index >= 15 is 0 Å². The Kier molecular flexibility index (Phi) is 5.00. The van der Waals surface area contributed by atoms with Gasteiger partial charge in [-0.2, -0.15) is 5.26 Å². The Hall–Kier alpha value is -1.13. The molecule has 0 aliphatic heterocycles.